The summed E-state index contributed by atoms with van der Waals surface area (Å²) >= 11 is 13.2. The Balaban J connectivity index is 1.40. The molecule has 2 N–H and O–H groups in total. The molecule has 1 aliphatic carbocycles. The normalized spacial score (nSPS) is 22.6. The van der Waals surface area contributed by atoms with Gasteiger partial charge in [-0.2, -0.15) is 0 Å². The lowest BCUT2D eigenvalue weighted by Gasteiger charge is -2.43. The Labute approximate surface area is 240 Å². The van der Waals surface area contributed by atoms with Gasteiger partial charge in [0.1, 0.15) is 16.8 Å². The number of aromatic nitrogens is 3. The van der Waals surface area contributed by atoms with Crippen LogP contribution >= 0.6 is 23.2 Å². The molecule has 2 aromatic heterocycles. The molecule has 7 nitrogen and oxygen atoms in total. The quantitative estimate of drug-likeness (QED) is 0.280. The highest BCUT2D eigenvalue weighted by atomic mass is 35.5. The van der Waals surface area contributed by atoms with E-state index in [1.54, 1.807) is 30.3 Å². The predicted octanol–water partition coefficient (Wildman–Crippen LogP) is 5.84. The highest BCUT2D eigenvalue weighted by Crippen LogP contribution is 2.48. The number of pyridine rings is 1. The van der Waals surface area contributed by atoms with Crippen LogP contribution in [0.2, 0.25) is 10.0 Å². The maximum atomic E-state index is 16.8. The molecule has 0 radical (unpaired) electrons. The van der Waals surface area contributed by atoms with Gasteiger partial charge in [-0.25, -0.2) is 14.4 Å². The Morgan fingerprint density at radius 2 is 1.90 bits per heavy atom. The molecule has 3 atom stereocenters. The van der Waals surface area contributed by atoms with Crippen molar-refractivity contribution in [3.63, 3.8) is 0 Å². The number of anilines is 1. The lowest BCUT2D eigenvalue weighted by molar-refractivity contribution is 0.225. The fourth-order valence-electron chi connectivity index (χ4n) is 6.89. The Hall–Kier alpha value is -3.17. The number of imidazole rings is 1. The highest BCUT2D eigenvalue weighted by molar-refractivity contribution is 6.35. The maximum Gasteiger partial charge on any atom is 0.158 e. The number of halogens is 3. The van der Waals surface area contributed by atoms with Crippen molar-refractivity contribution in [3.05, 3.63) is 58.6 Å². The van der Waals surface area contributed by atoms with E-state index in [0.29, 0.717) is 45.2 Å². The molecular weight excluding hydrogens is 550 g/mol. The van der Waals surface area contributed by atoms with Crippen LogP contribution in [0.1, 0.15) is 12.5 Å². The molecule has 10 heteroatoms. The molecule has 0 amide bonds. The number of fused-ring (bicyclic) bond motifs is 5. The first-order chi connectivity index (χ1) is 19.3. The fourth-order valence-corrected chi connectivity index (χ4v) is 7.35. The van der Waals surface area contributed by atoms with Gasteiger partial charge in [0.25, 0.3) is 0 Å². The van der Waals surface area contributed by atoms with Crippen LogP contribution < -0.4 is 10.2 Å². The lowest BCUT2D eigenvalue weighted by Crippen LogP contribution is -2.57. The van der Waals surface area contributed by atoms with Crippen LogP contribution in [0.3, 0.4) is 0 Å². The number of likely N-dealkylation sites (N-methyl/N-ethyl adjacent to an activating group) is 1. The molecule has 1 saturated carbocycles. The summed E-state index contributed by atoms with van der Waals surface area (Å²) in [5.41, 5.74) is 2.55. The van der Waals surface area contributed by atoms with Crippen molar-refractivity contribution in [1.82, 2.24) is 24.8 Å². The number of phenols is 1. The van der Waals surface area contributed by atoms with E-state index in [-0.39, 0.29) is 27.9 Å². The van der Waals surface area contributed by atoms with Gasteiger partial charge < -0.3 is 24.8 Å². The van der Waals surface area contributed by atoms with E-state index in [1.165, 1.54) is 6.07 Å². The molecule has 5 heterocycles. The van der Waals surface area contributed by atoms with Crippen molar-refractivity contribution in [1.29, 1.82) is 0 Å². The topological polar surface area (TPSA) is 69.5 Å². The van der Waals surface area contributed by atoms with Crippen LogP contribution in [0.5, 0.6) is 5.75 Å². The van der Waals surface area contributed by atoms with Crippen LogP contribution in [-0.4, -0.2) is 70.4 Å². The van der Waals surface area contributed by atoms with Crippen LogP contribution in [0.15, 0.2) is 42.7 Å². The van der Waals surface area contributed by atoms with Crippen LogP contribution in [0.4, 0.5) is 10.2 Å². The van der Waals surface area contributed by atoms with Gasteiger partial charge in [0.05, 0.1) is 22.9 Å². The summed E-state index contributed by atoms with van der Waals surface area (Å²) in [4.78, 5) is 14.1. The molecule has 0 spiro atoms. The largest absolute Gasteiger partial charge is 0.508 e. The zero-order valence-electron chi connectivity index (χ0n) is 22.0. The SMILES string of the molecule is CN(C)C1CN(c2nc3c(F)c(-c4cc(O)cc5ccc(Cl)cc45)c(Cl)cc3c3c2ncn3C2C3CNC2C3)C1. The molecule has 2 bridgehead atoms. The van der Waals surface area contributed by atoms with Crippen molar-refractivity contribution < 1.29 is 9.50 Å². The third-order valence-corrected chi connectivity index (χ3v) is 9.68. The first-order valence-corrected chi connectivity index (χ1v) is 14.3. The predicted molar refractivity (Wildman–Crippen MR) is 158 cm³/mol. The van der Waals surface area contributed by atoms with Crippen molar-refractivity contribution >= 4 is 61.7 Å². The third kappa shape index (κ3) is 3.43. The van der Waals surface area contributed by atoms with Gasteiger partial charge in [0.15, 0.2) is 11.6 Å². The van der Waals surface area contributed by atoms with Crippen LogP contribution in [0, 0.1) is 11.7 Å². The number of benzene rings is 3. The second-order valence-corrected chi connectivity index (χ2v) is 12.5. The highest BCUT2D eigenvalue weighted by Gasteiger charge is 2.48. The maximum absolute atomic E-state index is 16.8. The monoisotopic (exact) mass is 576 g/mol. The molecular formula is C30H27Cl2FN6O. The Kier molecular flexibility index (Phi) is 5.33. The average Bonchev–Trinajstić information content (AvgIpc) is 3.61. The Morgan fingerprint density at radius 1 is 1.07 bits per heavy atom. The molecule has 3 unspecified atom stereocenters. The zero-order valence-corrected chi connectivity index (χ0v) is 23.5. The van der Waals surface area contributed by atoms with E-state index < -0.39 is 5.82 Å². The number of hydrogen-bond donors (Lipinski definition) is 2. The molecule has 40 heavy (non-hydrogen) atoms. The van der Waals surface area contributed by atoms with Gasteiger partial charge in [-0.1, -0.05) is 29.3 Å². The van der Waals surface area contributed by atoms with E-state index in [0.717, 1.165) is 42.5 Å². The second-order valence-electron chi connectivity index (χ2n) is 11.6. The molecule has 9 rings (SSSR count). The molecule has 3 aliphatic heterocycles. The van der Waals surface area contributed by atoms with Crippen molar-refractivity contribution in [3.8, 4) is 16.9 Å². The number of aromatic hydroxyl groups is 1. The first-order valence-electron chi connectivity index (χ1n) is 13.5. The van der Waals surface area contributed by atoms with Crippen molar-refractivity contribution in [2.75, 3.05) is 38.6 Å². The van der Waals surface area contributed by atoms with Crippen LogP contribution in [-0.2, 0) is 0 Å². The number of hydrogen-bond acceptors (Lipinski definition) is 6. The molecule has 3 aromatic carbocycles. The molecule has 4 fully saturated rings. The summed E-state index contributed by atoms with van der Waals surface area (Å²) < 4.78 is 19.1. The van der Waals surface area contributed by atoms with Crippen LogP contribution in [0.25, 0.3) is 43.8 Å². The molecule has 3 saturated heterocycles. The summed E-state index contributed by atoms with van der Waals surface area (Å²) in [6.45, 7) is 2.57. The lowest BCUT2D eigenvalue weighted by atomic mass is 9.80. The number of phenolic OH excluding ortho intramolecular Hbond substituents is 1. The summed E-state index contributed by atoms with van der Waals surface area (Å²) in [7, 11) is 4.14. The van der Waals surface area contributed by atoms with E-state index in [1.807, 2.05) is 6.33 Å². The Bertz CT molecular complexity index is 1850. The second kappa shape index (κ2) is 8.66. The minimum atomic E-state index is -0.523. The summed E-state index contributed by atoms with van der Waals surface area (Å²) in [5.74, 6) is 0.713. The minimum absolute atomic E-state index is 0.0193. The summed E-state index contributed by atoms with van der Waals surface area (Å²) in [6.07, 6.45) is 3.03. The number of rotatable bonds is 4. The Morgan fingerprint density at radius 3 is 2.62 bits per heavy atom. The van der Waals surface area contributed by atoms with Gasteiger partial charge in [-0.05, 0) is 73.1 Å². The van der Waals surface area contributed by atoms with Gasteiger partial charge in [-0.15, -0.1) is 0 Å². The van der Waals surface area contributed by atoms with E-state index >= 15 is 4.39 Å². The standard InChI is InChI=1S/C30H27Cl2FN6O/c1-37(2)17-11-38(12-17)30-27-29(39(13-35-27)28-15-6-23(28)34-10-15)21-9-22(32)24(25(33)26(21)36-30)20-8-18(40)5-14-3-4-16(31)7-19(14)20/h3-5,7-9,13,15,17,23,28,34,40H,6,10-12H2,1-2H3. The first kappa shape index (κ1) is 24.6. The molecule has 204 valence electrons. The van der Waals surface area contributed by atoms with Gasteiger partial charge in [-0.3, -0.25) is 0 Å². The van der Waals surface area contributed by atoms with E-state index in [9.17, 15) is 5.11 Å². The van der Waals surface area contributed by atoms with Crippen molar-refractivity contribution in [2.24, 2.45) is 5.92 Å². The number of nitrogens with zero attached hydrogens (tertiary/aromatic N) is 5. The van der Waals surface area contributed by atoms with E-state index in [4.69, 9.17) is 33.2 Å². The average molecular weight is 577 g/mol. The van der Waals surface area contributed by atoms with Crippen molar-refractivity contribution in [2.45, 2.75) is 24.5 Å². The molecule has 4 aliphatic rings. The molecule has 5 aromatic rings. The smallest absolute Gasteiger partial charge is 0.158 e. The van der Waals surface area contributed by atoms with Gasteiger partial charge in [0, 0.05) is 47.7 Å². The summed E-state index contributed by atoms with van der Waals surface area (Å²) in [6, 6.07) is 11.3. The zero-order chi connectivity index (χ0) is 27.4. The fraction of sp³-hybridized carbons (Fsp3) is 0.333. The minimum Gasteiger partial charge on any atom is -0.508 e. The van der Waals surface area contributed by atoms with Gasteiger partial charge in [0.2, 0.25) is 0 Å². The number of nitrogens with one attached hydrogen (secondary N) is 1. The van der Waals surface area contributed by atoms with Gasteiger partial charge >= 0.3 is 0 Å². The summed E-state index contributed by atoms with van der Waals surface area (Å²) in [5, 5.41) is 16.9. The van der Waals surface area contributed by atoms with E-state index in [2.05, 4.69) is 33.8 Å². The third-order valence-electron chi connectivity index (χ3n) is 9.15.